The smallest absolute Gasteiger partial charge is 0.311 e. The largest absolute Gasteiger partial charge is 0.493 e. The molecule has 0 fully saturated rings. The molecule has 0 saturated carbocycles. The summed E-state index contributed by atoms with van der Waals surface area (Å²) in [5.74, 6) is 1.00. The molecule has 27 heavy (non-hydrogen) atoms. The highest BCUT2D eigenvalue weighted by molar-refractivity contribution is 5.95. The van der Waals surface area contributed by atoms with Gasteiger partial charge in [-0.15, -0.1) is 0 Å². The van der Waals surface area contributed by atoms with Crippen molar-refractivity contribution in [2.75, 3.05) is 27.4 Å². The third-order valence-corrected chi connectivity index (χ3v) is 3.86. The molecule has 8 nitrogen and oxygen atoms in total. The van der Waals surface area contributed by atoms with Gasteiger partial charge >= 0.3 is 5.69 Å². The van der Waals surface area contributed by atoms with Crippen molar-refractivity contribution in [2.45, 2.75) is 13.3 Å². The molecule has 0 aromatic heterocycles. The monoisotopic (exact) mass is 374 g/mol. The molecule has 0 heterocycles. The Morgan fingerprint density at radius 2 is 1.78 bits per heavy atom. The Morgan fingerprint density at radius 1 is 1.07 bits per heavy atom. The van der Waals surface area contributed by atoms with E-state index in [0.29, 0.717) is 31.1 Å². The normalized spacial score (nSPS) is 10.2. The average molecular weight is 374 g/mol. The molecule has 0 aliphatic carbocycles. The summed E-state index contributed by atoms with van der Waals surface area (Å²) in [6, 6.07) is 9.68. The highest BCUT2D eigenvalue weighted by atomic mass is 16.6. The van der Waals surface area contributed by atoms with Crippen molar-refractivity contribution in [3.8, 4) is 17.2 Å². The molecule has 1 N–H and O–H groups in total. The number of hydrogen-bond acceptors (Lipinski definition) is 6. The van der Waals surface area contributed by atoms with Gasteiger partial charge in [-0.05, 0) is 43.2 Å². The second kappa shape index (κ2) is 9.42. The number of amides is 1. The van der Waals surface area contributed by atoms with Crippen LogP contribution in [0.1, 0.15) is 22.8 Å². The summed E-state index contributed by atoms with van der Waals surface area (Å²) in [7, 11) is 3.12. The van der Waals surface area contributed by atoms with E-state index in [4.69, 9.17) is 14.2 Å². The molecule has 0 radical (unpaired) electrons. The van der Waals surface area contributed by atoms with E-state index in [1.165, 1.54) is 18.2 Å². The lowest BCUT2D eigenvalue weighted by Gasteiger charge is -2.10. The maximum atomic E-state index is 12.3. The van der Waals surface area contributed by atoms with Crippen LogP contribution in [0.25, 0.3) is 0 Å². The summed E-state index contributed by atoms with van der Waals surface area (Å²) >= 11 is 0. The summed E-state index contributed by atoms with van der Waals surface area (Å²) in [5.41, 5.74) is 0.937. The third kappa shape index (κ3) is 5.10. The van der Waals surface area contributed by atoms with Crippen molar-refractivity contribution in [3.63, 3.8) is 0 Å². The SMILES string of the molecule is CCOc1ccc(C(=O)NCCc2ccc(OC)c(OC)c2)cc1[N+](=O)[O-]. The first-order valence-corrected chi connectivity index (χ1v) is 8.40. The van der Waals surface area contributed by atoms with Crippen LogP contribution in [-0.4, -0.2) is 38.2 Å². The Bertz CT molecular complexity index is 822. The molecule has 0 atom stereocenters. The van der Waals surface area contributed by atoms with Crippen LogP contribution in [0.5, 0.6) is 17.2 Å². The van der Waals surface area contributed by atoms with Crippen LogP contribution in [0.2, 0.25) is 0 Å². The van der Waals surface area contributed by atoms with Crippen molar-refractivity contribution in [3.05, 3.63) is 57.6 Å². The number of carbonyl (C=O) groups is 1. The van der Waals surface area contributed by atoms with E-state index in [1.54, 1.807) is 27.2 Å². The van der Waals surface area contributed by atoms with Gasteiger partial charge in [-0.25, -0.2) is 0 Å². The highest BCUT2D eigenvalue weighted by Crippen LogP contribution is 2.28. The molecule has 2 aromatic rings. The molecule has 1 amide bonds. The number of nitro groups is 1. The van der Waals surface area contributed by atoms with E-state index in [1.807, 2.05) is 12.1 Å². The summed E-state index contributed by atoms with van der Waals surface area (Å²) in [6.45, 7) is 2.41. The predicted octanol–water partition coefficient (Wildman–Crippen LogP) is 2.98. The molecule has 0 unspecified atom stereocenters. The van der Waals surface area contributed by atoms with Gasteiger partial charge in [0.25, 0.3) is 5.91 Å². The molecule has 0 aliphatic heterocycles. The van der Waals surface area contributed by atoms with Crippen LogP contribution < -0.4 is 19.5 Å². The van der Waals surface area contributed by atoms with Crippen LogP contribution in [0.15, 0.2) is 36.4 Å². The summed E-state index contributed by atoms with van der Waals surface area (Å²) in [6.07, 6.45) is 0.575. The number of rotatable bonds is 9. The minimum atomic E-state index is -0.564. The minimum absolute atomic E-state index is 0.143. The number of nitrogens with one attached hydrogen (secondary N) is 1. The van der Waals surface area contributed by atoms with Crippen LogP contribution in [0, 0.1) is 10.1 Å². The van der Waals surface area contributed by atoms with E-state index in [9.17, 15) is 14.9 Å². The zero-order valence-corrected chi connectivity index (χ0v) is 15.5. The first-order valence-electron chi connectivity index (χ1n) is 8.40. The van der Waals surface area contributed by atoms with Gasteiger partial charge in [0.15, 0.2) is 17.2 Å². The number of ether oxygens (including phenoxy) is 3. The summed E-state index contributed by atoms with van der Waals surface area (Å²) in [4.78, 5) is 22.9. The fourth-order valence-electron chi connectivity index (χ4n) is 2.54. The average Bonchev–Trinajstić information content (AvgIpc) is 2.68. The number of carbonyl (C=O) groups excluding carboxylic acids is 1. The first-order chi connectivity index (χ1) is 13.0. The Morgan fingerprint density at radius 3 is 2.41 bits per heavy atom. The van der Waals surface area contributed by atoms with Gasteiger partial charge in [0, 0.05) is 18.2 Å². The molecule has 2 aromatic carbocycles. The van der Waals surface area contributed by atoms with E-state index in [-0.39, 0.29) is 22.9 Å². The Labute approximate surface area is 157 Å². The van der Waals surface area contributed by atoms with E-state index >= 15 is 0 Å². The van der Waals surface area contributed by atoms with Gasteiger partial charge in [-0.3, -0.25) is 14.9 Å². The zero-order chi connectivity index (χ0) is 19.8. The van der Waals surface area contributed by atoms with Crippen molar-refractivity contribution < 1.29 is 23.9 Å². The van der Waals surface area contributed by atoms with Crippen molar-refractivity contribution >= 4 is 11.6 Å². The van der Waals surface area contributed by atoms with E-state index < -0.39 is 4.92 Å². The maximum absolute atomic E-state index is 12.3. The van der Waals surface area contributed by atoms with Crippen LogP contribution in [0.4, 0.5) is 5.69 Å². The lowest BCUT2D eigenvalue weighted by Crippen LogP contribution is -2.25. The molecule has 144 valence electrons. The zero-order valence-electron chi connectivity index (χ0n) is 15.5. The number of benzene rings is 2. The molecular weight excluding hydrogens is 352 g/mol. The van der Waals surface area contributed by atoms with Gasteiger partial charge in [0.2, 0.25) is 0 Å². The van der Waals surface area contributed by atoms with Gasteiger partial charge in [0.1, 0.15) is 0 Å². The second-order valence-corrected chi connectivity index (χ2v) is 5.57. The quantitative estimate of drug-likeness (QED) is 0.535. The van der Waals surface area contributed by atoms with Crippen LogP contribution in [0.3, 0.4) is 0 Å². The van der Waals surface area contributed by atoms with Crippen LogP contribution >= 0.6 is 0 Å². The third-order valence-electron chi connectivity index (χ3n) is 3.86. The Kier molecular flexibility index (Phi) is 6.99. The molecule has 0 saturated heterocycles. The van der Waals surface area contributed by atoms with Gasteiger partial charge < -0.3 is 19.5 Å². The topological polar surface area (TPSA) is 99.9 Å². The van der Waals surface area contributed by atoms with E-state index in [0.717, 1.165) is 5.56 Å². The predicted molar refractivity (Wildman–Crippen MR) is 99.8 cm³/mol. The van der Waals surface area contributed by atoms with Crippen molar-refractivity contribution in [1.29, 1.82) is 0 Å². The van der Waals surface area contributed by atoms with Crippen LogP contribution in [-0.2, 0) is 6.42 Å². The summed E-state index contributed by atoms with van der Waals surface area (Å²) in [5, 5.41) is 13.9. The number of nitrogens with zero attached hydrogens (tertiary/aromatic N) is 1. The van der Waals surface area contributed by atoms with E-state index in [2.05, 4.69) is 5.32 Å². The second-order valence-electron chi connectivity index (χ2n) is 5.57. The van der Waals surface area contributed by atoms with Gasteiger partial charge in [0.05, 0.1) is 25.7 Å². The minimum Gasteiger partial charge on any atom is -0.493 e. The molecular formula is C19H22N2O6. The summed E-state index contributed by atoms with van der Waals surface area (Å²) < 4.78 is 15.7. The number of hydrogen-bond donors (Lipinski definition) is 1. The van der Waals surface area contributed by atoms with Crippen molar-refractivity contribution in [2.24, 2.45) is 0 Å². The lowest BCUT2D eigenvalue weighted by molar-refractivity contribution is -0.385. The standard InChI is InChI=1S/C19H22N2O6/c1-4-27-16-8-6-14(12-15(16)21(23)24)19(22)20-10-9-13-5-7-17(25-2)18(11-13)26-3/h5-8,11-12H,4,9-10H2,1-3H3,(H,20,22). The number of nitro benzene ring substituents is 1. The van der Waals surface area contributed by atoms with Crippen molar-refractivity contribution in [1.82, 2.24) is 5.32 Å². The highest BCUT2D eigenvalue weighted by Gasteiger charge is 2.18. The molecule has 0 bridgehead atoms. The number of methoxy groups -OCH3 is 2. The first kappa shape index (κ1) is 20.0. The Balaban J connectivity index is 2.01. The molecule has 0 aliphatic rings. The fourth-order valence-corrected chi connectivity index (χ4v) is 2.54. The Hall–Kier alpha value is -3.29. The van der Waals surface area contributed by atoms with Gasteiger partial charge in [-0.2, -0.15) is 0 Å². The molecule has 2 rings (SSSR count). The fraction of sp³-hybridized carbons (Fsp3) is 0.316. The molecule has 8 heteroatoms. The molecule has 0 spiro atoms. The van der Waals surface area contributed by atoms with Gasteiger partial charge in [-0.1, -0.05) is 6.07 Å². The lowest BCUT2D eigenvalue weighted by atomic mass is 10.1. The maximum Gasteiger partial charge on any atom is 0.311 e.